The van der Waals surface area contributed by atoms with Crippen molar-refractivity contribution in [2.24, 2.45) is 0 Å². The summed E-state index contributed by atoms with van der Waals surface area (Å²) in [6.45, 7) is 0.438. The highest BCUT2D eigenvalue weighted by atomic mass is 16.5. The van der Waals surface area contributed by atoms with Crippen LogP contribution in [0.4, 0.5) is 5.69 Å². The number of aromatic hydroxyl groups is 1. The van der Waals surface area contributed by atoms with Crippen molar-refractivity contribution in [3.63, 3.8) is 0 Å². The average Bonchev–Trinajstić information content (AvgIpc) is 2.71. The Kier molecular flexibility index (Phi) is 4.31. The first-order valence-electron chi connectivity index (χ1n) is 8.78. The van der Waals surface area contributed by atoms with Gasteiger partial charge in [-0.15, -0.1) is 0 Å². The van der Waals surface area contributed by atoms with Crippen LogP contribution in [-0.2, 0) is 6.54 Å². The fourth-order valence-electron chi connectivity index (χ4n) is 3.53. The average molecular weight is 376 g/mol. The number of phenolic OH excluding ortho intramolecular Hbond substituents is 1. The number of nitrogen functional groups attached to an aromatic ring is 1. The highest BCUT2D eigenvalue weighted by Gasteiger charge is 2.15. The molecule has 0 fully saturated rings. The number of fused-ring (bicyclic) bond motifs is 2. The van der Waals surface area contributed by atoms with Crippen LogP contribution in [0.25, 0.3) is 21.8 Å². The van der Waals surface area contributed by atoms with Crippen molar-refractivity contribution >= 4 is 27.5 Å². The number of para-hydroxylation sites is 1. The van der Waals surface area contributed by atoms with Crippen molar-refractivity contribution in [1.29, 1.82) is 0 Å². The number of pyridine rings is 1. The van der Waals surface area contributed by atoms with E-state index in [0.717, 1.165) is 16.6 Å². The lowest BCUT2D eigenvalue weighted by Crippen LogP contribution is -2.12. The van der Waals surface area contributed by atoms with E-state index in [4.69, 9.17) is 15.2 Å². The van der Waals surface area contributed by atoms with Crippen LogP contribution in [0.5, 0.6) is 17.2 Å². The molecule has 0 saturated heterocycles. The maximum atomic E-state index is 12.9. The highest BCUT2D eigenvalue weighted by molar-refractivity contribution is 5.94. The molecule has 3 N–H and O–H groups in total. The highest BCUT2D eigenvalue weighted by Crippen LogP contribution is 2.37. The lowest BCUT2D eigenvalue weighted by molar-refractivity contribution is 0.339. The third-order valence-electron chi connectivity index (χ3n) is 4.88. The van der Waals surface area contributed by atoms with Crippen molar-refractivity contribution in [3.8, 4) is 17.2 Å². The fourth-order valence-corrected chi connectivity index (χ4v) is 3.53. The number of ether oxygens (including phenoxy) is 2. The molecule has 0 aliphatic carbocycles. The maximum Gasteiger partial charge on any atom is 0.200 e. The number of methoxy groups -OCH3 is 2. The molecule has 1 heterocycles. The Hall–Kier alpha value is -3.67. The van der Waals surface area contributed by atoms with E-state index in [2.05, 4.69) is 0 Å². The van der Waals surface area contributed by atoms with Crippen LogP contribution in [0.3, 0.4) is 0 Å². The number of aromatic nitrogens is 1. The standard InChI is InChI=1S/C22H20N2O4/c1-27-19-9-13(10-20(28-2)22(19)26)12-24-17-6-4-3-5-15(17)21(25)16-8-7-14(23)11-18(16)24/h3-11,26H,12,23H2,1-2H3. The molecule has 4 rings (SSSR count). The molecule has 1 aromatic heterocycles. The SMILES string of the molecule is COc1cc(Cn2c3ccccc3c(=O)c3ccc(N)cc32)cc(OC)c1O. The number of rotatable bonds is 4. The molecule has 3 aromatic carbocycles. The lowest BCUT2D eigenvalue weighted by Gasteiger charge is -2.17. The molecule has 0 bridgehead atoms. The quantitative estimate of drug-likeness (QED) is 0.420. The minimum absolute atomic E-state index is 0.0253. The second-order valence-corrected chi connectivity index (χ2v) is 6.56. The van der Waals surface area contributed by atoms with Gasteiger partial charge in [-0.25, -0.2) is 0 Å². The molecule has 142 valence electrons. The molecule has 0 unspecified atom stereocenters. The summed E-state index contributed by atoms with van der Waals surface area (Å²) in [7, 11) is 2.98. The zero-order valence-corrected chi connectivity index (χ0v) is 15.6. The molecule has 0 radical (unpaired) electrons. The molecule has 4 aromatic rings. The predicted octanol–water partition coefficient (Wildman–Crippen LogP) is 3.51. The molecule has 6 nitrogen and oxygen atoms in total. The largest absolute Gasteiger partial charge is 0.502 e. The van der Waals surface area contributed by atoms with Gasteiger partial charge in [0.15, 0.2) is 16.9 Å². The Morgan fingerprint density at radius 2 is 1.57 bits per heavy atom. The van der Waals surface area contributed by atoms with Gasteiger partial charge in [-0.1, -0.05) is 12.1 Å². The van der Waals surface area contributed by atoms with E-state index in [1.165, 1.54) is 14.2 Å². The van der Waals surface area contributed by atoms with Crippen LogP contribution in [0.15, 0.2) is 59.4 Å². The number of hydrogen-bond donors (Lipinski definition) is 2. The summed E-state index contributed by atoms with van der Waals surface area (Å²) in [4.78, 5) is 12.9. The normalized spacial score (nSPS) is 11.1. The third kappa shape index (κ3) is 2.79. The Morgan fingerprint density at radius 1 is 0.929 bits per heavy atom. The van der Waals surface area contributed by atoms with E-state index in [1.807, 2.05) is 28.8 Å². The molecular weight excluding hydrogens is 356 g/mol. The number of hydrogen-bond acceptors (Lipinski definition) is 5. The van der Waals surface area contributed by atoms with Crippen molar-refractivity contribution < 1.29 is 14.6 Å². The third-order valence-corrected chi connectivity index (χ3v) is 4.88. The Morgan fingerprint density at radius 3 is 2.25 bits per heavy atom. The number of phenols is 1. The summed E-state index contributed by atoms with van der Waals surface area (Å²) < 4.78 is 12.6. The van der Waals surface area contributed by atoms with E-state index in [1.54, 1.807) is 30.3 Å². The van der Waals surface area contributed by atoms with E-state index < -0.39 is 0 Å². The molecule has 0 aliphatic rings. The number of nitrogens with two attached hydrogens (primary N) is 1. The number of nitrogens with zero attached hydrogens (tertiary/aromatic N) is 1. The summed E-state index contributed by atoms with van der Waals surface area (Å²) >= 11 is 0. The molecule has 0 amide bonds. The summed E-state index contributed by atoms with van der Waals surface area (Å²) in [6, 6.07) is 16.3. The second kappa shape index (κ2) is 6.81. The summed E-state index contributed by atoms with van der Waals surface area (Å²) in [5, 5.41) is 11.4. The zero-order valence-electron chi connectivity index (χ0n) is 15.6. The summed E-state index contributed by atoms with van der Waals surface area (Å²) in [5.74, 6) is 0.597. The first-order valence-corrected chi connectivity index (χ1v) is 8.78. The van der Waals surface area contributed by atoms with Crippen LogP contribution < -0.4 is 20.6 Å². The fraction of sp³-hybridized carbons (Fsp3) is 0.136. The van der Waals surface area contributed by atoms with Gasteiger partial charge in [-0.3, -0.25) is 4.79 Å². The molecule has 0 spiro atoms. The molecule has 0 atom stereocenters. The van der Waals surface area contributed by atoms with Crippen LogP contribution in [0.1, 0.15) is 5.56 Å². The smallest absolute Gasteiger partial charge is 0.200 e. The van der Waals surface area contributed by atoms with Gasteiger partial charge in [-0.2, -0.15) is 0 Å². The maximum absolute atomic E-state index is 12.9. The van der Waals surface area contributed by atoms with Crippen molar-refractivity contribution in [3.05, 3.63) is 70.4 Å². The van der Waals surface area contributed by atoms with E-state index in [-0.39, 0.29) is 11.2 Å². The molecule has 6 heteroatoms. The first kappa shape index (κ1) is 17.7. The van der Waals surface area contributed by atoms with E-state index in [0.29, 0.717) is 34.5 Å². The van der Waals surface area contributed by atoms with Gasteiger partial charge >= 0.3 is 0 Å². The van der Waals surface area contributed by atoms with E-state index >= 15 is 0 Å². The Labute approximate surface area is 161 Å². The summed E-state index contributed by atoms with van der Waals surface area (Å²) in [5.41, 5.74) is 8.96. The minimum atomic E-state index is -0.0485. The van der Waals surface area contributed by atoms with Crippen molar-refractivity contribution in [2.45, 2.75) is 6.54 Å². The Bertz CT molecular complexity index is 1240. The van der Waals surface area contributed by atoms with Crippen molar-refractivity contribution in [1.82, 2.24) is 4.57 Å². The monoisotopic (exact) mass is 376 g/mol. The Balaban J connectivity index is 2.02. The van der Waals surface area contributed by atoms with Gasteiger partial charge in [0.2, 0.25) is 5.75 Å². The number of anilines is 1. The van der Waals surface area contributed by atoms with Gasteiger partial charge in [0.25, 0.3) is 0 Å². The molecule has 0 saturated carbocycles. The van der Waals surface area contributed by atoms with Gasteiger partial charge in [0.1, 0.15) is 0 Å². The summed E-state index contributed by atoms with van der Waals surface area (Å²) in [6.07, 6.45) is 0. The molecule has 28 heavy (non-hydrogen) atoms. The molecule has 0 aliphatic heterocycles. The number of benzene rings is 3. The topological polar surface area (TPSA) is 86.7 Å². The van der Waals surface area contributed by atoms with Crippen LogP contribution in [0.2, 0.25) is 0 Å². The van der Waals surface area contributed by atoms with Crippen LogP contribution in [-0.4, -0.2) is 23.9 Å². The second-order valence-electron chi connectivity index (χ2n) is 6.56. The minimum Gasteiger partial charge on any atom is -0.502 e. The van der Waals surface area contributed by atoms with Crippen LogP contribution in [0, 0.1) is 0 Å². The lowest BCUT2D eigenvalue weighted by atomic mass is 10.1. The first-order chi connectivity index (χ1) is 13.5. The predicted molar refractivity (Wildman–Crippen MR) is 110 cm³/mol. The van der Waals surface area contributed by atoms with Gasteiger partial charge in [0.05, 0.1) is 25.3 Å². The van der Waals surface area contributed by atoms with Gasteiger partial charge < -0.3 is 24.9 Å². The van der Waals surface area contributed by atoms with Crippen molar-refractivity contribution in [2.75, 3.05) is 20.0 Å². The van der Waals surface area contributed by atoms with Gasteiger partial charge in [-0.05, 0) is 48.0 Å². The zero-order chi connectivity index (χ0) is 19.8. The van der Waals surface area contributed by atoms with E-state index in [9.17, 15) is 9.90 Å². The van der Waals surface area contributed by atoms with Crippen LogP contribution >= 0.6 is 0 Å². The molecular formula is C22H20N2O4. The van der Waals surface area contributed by atoms with Gasteiger partial charge in [0, 0.05) is 23.0 Å².